The summed E-state index contributed by atoms with van der Waals surface area (Å²) >= 11 is 0. The molecule has 0 aliphatic carbocycles. The van der Waals surface area contributed by atoms with Gasteiger partial charge in [-0.1, -0.05) is 19.4 Å². The van der Waals surface area contributed by atoms with Gasteiger partial charge in [0.15, 0.2) is 0 Å². The minimum atomic E-state index is 0.973. The predicted octanol–water partition coefficient (Wildman–Crippen LogP) is 4.01. The molecule has 1 aromatic carbocycles. The monoisotopic (exact) mass is 359 g/mol. The smallest absolute Gasteiger partial charge is 0.136 e. The Morgan fingerprint density at radius 3 is 2.89 bits per heavy atom. The first kappa shape index (κ1) is 16.5. The molecule has 5 nitrogen and oxygen atoms in total. The molecule has 0 unspecified atom stereocenters. The van der Waals surface area contributed by atoms with Crippen molar-refractivity contribution < 1.29 is 0 Å². The van der Waals surface area contributed by atoms with E-state index in [1.165, 1.54) is 41.9 Å². The highest BCUT2D eigenvalue weighted by atomic mass is 15.2. The van der Waals surface area contributed by atoms with Crippen molar-refractivity contribution in [2.75, 3.05) is 19.6 Å². The summed E-state index contributed by atoms with van der Waals surface area (Å²) in [6.07, 6.45) is 9.54. The standard InChI is InChI=1S/C22H25N5/c1-2-3-10-25-11-8-22-24-19-15-17(4-6-20(19)27(22)14-13-25)18-5-7-21-23-9-12-26(21)16-18/h4-7,9,12,15-16H,2-3,8,10-11,13-14H2,1H3. The molecule has 4 aromatic rings. The van der Waals surface area contributed by atoms with Crippen molar-refractivity contribution in [1.29, 1.82) is 0 Å². The molecular weight excluding hydrogens is 334 g/mol. The number of nitrogens with zero attached hydrogens (tertiary/aromatic N) is 5. The van der Waals surface area contributed by atoms with Crippen molar-refractivity contribution in [3.8, 4) is 11.1 Å². The van der Waals surface area contributed by atoms with Gasteiger partial charge in [0, 0.05) is 44.6 Å². The van der Waals surface area contributed by atoms with Crippen LogP contribution in [0.2, 0.25) is 0 Å². The number of aromatic nitrogens is 4. The molecule has 0 amide bonds. The average Bonchev–Trinajstić information content (AvgIpc) is 3.25. The number of fused-ring (bicyclic) bond motifs is 4. The fourth-order valence-corrected chi connectivity index (χ4v) is 4.11. The molecule has 5 rings (SSSR count). The zero-order valence-corrected chi connectivity index (χ0v) is 15.8. The van der Waals surface area contributed by atoms with Crippen LogP contribution in [-0.2, 0) is 13.0 Å². The van der Waals surface area contributed by atoms with Crippen molar-refractivity contribution in [2.45, 2.75) is 32.7 Å². The maximum absolute atomic E-state index is 4.98. The van der Waals surface area contributed by atoms with E-state index in [0.717, 1.165) is 37.2 Å². The minimum Gasteiger partial charge on any atom is -0.327 e. The van der Waals surface area contributed by atoms with Crippen molar-refractivity contribution in [3.05, 3.63) is 54.7 Å². The first-order chi connectivity index (χ1) is 13.3. The average molecular weight is 359 g/mol. The summed E-state index contributed by atoms with van der Waals surface area (Å²) in [6, 6.07) is 10.9. The second-order valence-corrected chi connectivity index (χ2v) is 7.44. The highest BCUT2D eigenvalue weighted by Gasteiger charge is 2.17. The Morgan fingerprint density at radius 1 is 1.04 bits per heavy atom. The molecule has 0 saturated heterocycles. The minimum absolute atomic E-state index is 0.973. The van der Waals surface area contributed by atoms with Crippen LogP contribution in [-0.4, -0.2) is 43.5 Å². The lowest BCUT2D eigenvalue weighted by molar-refractivity contribution is 0.276. The van der Waals surface area contributed by atoms with Gasteiger partial charge in [-0.3, -0.25) is 0 Å². The van der Waals surface area contributed by atoms with Gasteiger partial charge in [-0.05, 0) is 48.4 Å². The highest BCUT2D eigenvalue weighted by molar-refractivity contribution is 5.82. The lowest BCUT2D eigenvalue weighted by Gasteiger charge is -2.18. The quantitative estimate of drug-likeness (QED) is 0.553. The van der Waals surface area contributed by atoms with Gasteiger partial charge in [0.2, 0.25) is 0 Å². The van der Waals surface area contributed by atoms with E-state index in [-0.39, 0.29) is 0 Å². The number of imidazole rings is 2. The number of rotatable bonds is 4. The van der Waals surface area contributed by atoms with E-state index < -0.39 is 0 Å². The van der Waals surface area contributed by atoms with Crippen molar-refractivity contribution in [1.82, 2.24) is 23.8 Å². The van der Waals surface area contributed by atoms with Crippen LogP contribution in [0.5, 0.6) is 0 Å². The molecule has 0 bridgehead atoms. The SMILES string of the molecule is CCCCN1CCc2nc3cc(-c4ccc5nccn5c4)ccc3n2CC1. The molecular formula is C22H25N5. The van der Waals surface area contributed by atoms with Crippen LogP contribution >= 0.6 is 0 Å². The first-order valence-corrected chi connectivity index (χ1v) is 9.96. The molecule has 5 heteroatoms. The van der Waals surface area contributed by atoms with E-state index in [1.54, 1.807) is 0 Å². The zero-order chi connectivity index (χ0) is 18.2. The molecule has 4 heterocycles. The molecule has 1 aliphatic heterocycles. The topological polar surface area (TPSA) is 38.4 Å². The molecule has 0 N–H and O–H groups in total. The fourth-order valence-electron chi connectivity index (χ4n) is 4.11. The summed E-state index contributed by atoms with van der Waals surface area (Å²) in [4.78, 5) is 11.9. The second-order valence-electron chi connectivity index (χ2n) is 7.44. The van der Waals surface area contributed by atoms with Gasteiger partial charge in [0.25, 0.3) is 0 Å². The summed E-state index contributed by atoms with van der Waals surface area (Å²) in [7, 11) is 0. The number of hydrogen-bond donors (Lipinski definition) is 0. The molecule has 0 saturated carbocycles. The van der Waals surface area contributed by atoms with Crippen molar-refractivity contribution in [3.63, 3.8) is 0 Å². The van der Waals surface area contributed by atoms with Crippen LogP contribution < -0.4 is 0 Å². The lowest BCUT2D eigenvalue weighted by Crippen LogP contribution is -2.28. The number of benzene rings is 1. The van der Waals surface area contributed by atoms with Crippen molar-refractivity contribution >= 4 is 16.7 Å². The van der Waals surface area contributed by atoms with Gasteiger partial charge >= 0.3 is 0 Å². The van der Waals surface area contributed by atoms with E-state index in [2.05, 4.69) is 62.3 Å². The largest absolute Gasteiger partial charge is 0.327 e. The van der Waals surface area contributed by atoms with Crippen LogP contribution in [0.1, 0.15) is 25.6 Å². The van der Waals surface area contributed by atoms with Gasteiger partial charge in [-0.15, -0.1) is 0 Å². The van der Waals surface area contributed by atoms with Gasteiger partial charge < -0.3 is 13.9 Å². The van der Waals surface area contributed by atoms with E-state index >= 15 is 0 Å². The molecule has 0 radical (unpaired) electrons. The molecule has 3 aromatic heterocycles. The number of pyridine rings is 1. The summed E-state index contributed by atoms with van der Waals surface area (Å²) < 4.78 is 4.48. The van der Waals surface area contributed by atoms with E-state index in [9.17, 15) is 0 Å². The zero-order valence-electron chi connectivity index (χ0n) is 15.8. The first-order valence-electron chi connectivity index (χ1n) is 9.96. The third kappa shape index (κ3) is 3.02. The predicted molar refractivity (Wildman–Crippen MR) is 109 cm³/mol. The van der Waals surface area contributed by atoms with E-state index in [4.69, 9.17) is 4.98 Å². The maximum Gasteiger partial charge on any atom is 0.136 e. The van der Waals surface area contributed by atoms with E-state index in [0.29, 0.717) is 0 Å². The number of hydrogen-bond acceptors (Lipinski definition) is 3. The Kier molecular flexibility index (Phi) is 4.17. The summed E-state index contributed by atoms with van der Waals surface area (Å²) in [5, 5.41) is 0. The summed E-state index contributed by atoms with van der Waals surface area (Å²) in [5.74, 6) is 1.23. The Labute approximate surface area is 159 Å². The third-order valence-corrected chi connectivity index (χ3v) is 5.67. The van der Waals surface area contributed by atoms with Crippen LogP contribution in [0, 0.1) is 0 Å². The maximum atomic E-state index is 4.98. The third-order valence-electron chi connectivity index (χ3n) is 5.67. The van der Waals surface area contributed by atoms with Crippen LogP contribution in [0.15, 0.2) is 48.9 Å². The fraction of sp³-hybridized carbons (Fsp3) is 0.364. The second kappa shape index (κ2) is 6.82. The molecule has 27 heavy (non-hydrogen) atoms. The molecule has 138 valence electrons. The normalized spacial score (nSPS) is 15.3. The van der Waals surface area contributed by atoms with Crippen LogP contribution in [0.3, 0.4) is 0 Å². The Balaban J connectivity index is 1.46. The lowest BCUT2D eigenvalue weighted by atomic mass is 10.1. The van der Waals surface area contributed by atoms with Gasteiger partial charge in [0.1, 0.15) is 11.5 Å². The molecule has 0 fully saturated rings. The summed E-state index contributed by atoms with van der Waals surface area (Å²) in [6.45, 7) is 6.75. The molecule has 0 spiro atoms. The van der Waals surface area contributed by atoms with Crippen LogP contribution in [0.4, 0.5) is 0 Å². The van der Waals surface area contributed by atoms with Gasteiger partial charge in [-0.2, -0.15) is 0 Å². The summed E-state index contributed by atoms with van der Waals surface area (Å²) in [5.41, 5.74) is 5.73. The molecule has 1 aliphatic rings. The Morgan fingerprint density at radius 2 is 1.96 bits per heavy atom. The van der Waals surface area contributed by atoms with Gasteiger partial charge in [0.05, 0.1) is 11.0 Å². The van der Waals surface area contributed by atoms with Crippen LogP contribution in [0.25, 0.3) is 27.8 Å². The number of unbranched alkanes of at least 4 members (excludes halogenated alkanes) is 1. The molecule has 0 atom stereocenters. The Hall–Kier alpha value is -2.66. The Bertz CT molecular complexity index is 1090. The van der Waals surface area contributed by atoms with Gasteiger partial charge in [-0.25, -0.2) is 9.97 Å². The highest BCUT2D eigenvalue weighted by Crippen LogP contribution is 2.26. The van der Waals surface area contributed by atoms with Crippen molar-refractivity contribution in [2.24, 2.45) is 0 Å². The van der Waals surface area contributed by atoms with E-state index in [1.807, 2.05) is 12.4 Å².